The van der Waals surface area contributed by atoms with E-state index in [2.05, 4.69) is 21.4 Å². The number of halogens is 4. The average molecular weight is 395 g/mol. The molecule has 0 saturated heterocycles. The van der Waals surface area contributed by atoms with Crippen LogP contribution in [0.3, 0.4) is 0 Å². The minimum atomic E-state index is -0.213. The monoisotopic (exact) mass is 392 g/mol. The van der Waals surface area contributed by atoms with Crippen molar-refractivity contribution >= 4 is 50.7 Å². The molecule has 0 saturated carbocycles. The van der Waals surface area contributed by atoms with Crippen LogP contribution in [0.5, 0.6) is 0 Å². The maximum Gasteiger partial charge on any atom is 0.0530 e. The van der Waals surface area contributed by atoms with Gasteiger partial charge in [0.25, 0.3) is 0 Å². The van der Waals surface area contributed by atoms with Crippen molar-refractivity contribution in [1.29, 1.82) is 0 Å². The maximum absolute atomic E-state index is 6.23. The summed E-state index contributed by atoms with van der Waals surface area (Å²) in [6.07, 6.45) is 0.589. The number of nitrogens with one attached hydrogen (secondary N) is 1. The van der Waals surface area contributed by atoms with E-state index in [1.807, 2.05) is 18.2 Å². The van der Waals surface area contributed by atoms with Gasteiger partial charge in [0.1, 0.15) is 0 Å². The molecule has 1 atom stereocenters. The predicted molar refractivity (Wildman–Crippen MR) is 89.4 cm³/mol. The molecule has 0 aliphatic heterocycles. The van der Waals surface area contributed by atoms with Gasteiger partial charge in [0, 0.05) is 25.1 Å². The summed E-state index contributed by atoms with van der Waals surface area (Å²) in [7, 11) is 0. The number of nitrogens with two attached hydrogens (primary N) is 1. The Bertz CT molecular complexity index is 599. The van der Waals surface area contributed by atoms with Gasteiger partial charge in [-0.1, -0.05) is 62.9 Å². The molecular weight excluding hydrogens is 382 g/mol. The highest BCUT2D eigenvalue weighted by Crippen LogP contribution is 2.33. The quantitative estimate of drug-likeness (QED) is 0.555. The molecule has 20 heavy (non-hydrogen) atoms. The standard InChI is InChI=1S/C14H12BrCl3N2/c15-9-5-4-8(12(18)7-9)6-13(20-19)14-10(16)2-1-3-11(14)17/h1-5,7,13,20H,6,19H2. The second-order valence-corrected chi connectivity index (χ2v) is 6.43. The molecule has 0 aliphatic rings. The van der Waals surface area contributed by atoms with Crippen LogP contribution in [-0.2, 0) is 6.42 Å². The molecule has 0 spiro atoms. The third kappa shape index (κ3) is 3.67. The molecule has 6 heteroatoms. The largest absolute Gasteiger partial charge is 0.271 e. The molecule has 0 heterocycles. The molecule has 0 aromatic heterocycles. The maximum atomic E-state index is 6.23. The fraction of sp³-hybridized carbons (Fsp3) is 0.143. The summed E-state index contributed by atoms with van der Waals surface area (Å²) < 4.78 is 0.930. The molecular formula is C14H12BrCl3N2. The highest BCUT2D eigenvalue weighted by molar-refractivity contribution is 9.10. The average Bonchev–Trinajstić information content (AvgIpc) is 2.39. The summed E-state index contributed by atoms with van der Waals surface area (Å²) in [5.74, 6) is 5.65. The number of hydrogen-bond donors (Lipinski definition) is 2. The molecule has 0 fully saturated rings. The molecule has 2 nitrogen and oxygen atoms in total. The summed E-state index contributed by atoms with van der Waals surface area (Å²) in [5, 5.41) is 1.82. The Kier molecular flexibility index (Phi) is 5.73. The van der Waals surface area contributed by atoms with E-state index >= 15 is 0 Å². The fourth-order valence-electron chi connectivity index (χ4n) is 2.00. The minimum absolute atomic E-state index is 0.213. The minimum Gasteiger partial charge on any atom is -0.271 e. The van der Waals surface area contributed by atoms with Gasteiger partial charge in [0.05, 0.1) is 6.04 Å². The smallest absolute Gasteiger partial charge is 0.0530 e. The van der Waals surface area contributed by atoms with Crippen molar-refractivity contribution < 1.29 is 0 Å². The van der Waals surface area contributed by atoms with E-state index in [0.29, 0.717) is 21.5 Å². The Labute approximate surface area is 141 Å². The summed E-state index contributed by atoms with van der Waals surface area (Å²) in [6, 6.07) is 10.9. The van der Waals surface area contributed by atoms with E-state index < -0.39 is 0 Å². The highest BCUT2D eigenvalue weighted by Gasteiger charge is 2.18. The molecule has 2 aromatic rings. The number of benzene rings is 2. The Morgan fingerprint density at radius 2 is 1.70 bits per heavy atom. The lowest BCUT2D eigenvalue weighted by molar-refractivity contribution is 0.552. The van der Waals surface area contributed by atoms with Crippen LogP contribution in [0.15, 0.2) is 40.9 Å². The molecule has 0 amide bonds. The zero-order valence-corrected chi connectivity index (χ0v) is 14.2. The first-order valence-corrected chi connectivity index (χ1v) is 7.79. The molecule has 0 aliphatic carbocycles. The fourth-order valence-corrected chi connectivity index (χ4v) is 3.41. The van der Waals surface area contributed by atoms with Gasteiger partial charge in [-0.3, -0.25) is 11.3 Å². The van der Waals surface area contributed by atoms with Crippen LogP contribution < -0.4 is 11.3 Å². The van der Waals surface area contributed by atoms with Crippen LogP contribution in [-0.4, -0.2) is 0 Å². The van der Waals surface area contributed by atoms with Gasteiger partial charge in [0.15, 0.2) is 0 Å². The van der Waals surface area contributed by atoms with E-state index in [-0.39, 0.29) is 6.04 Å². The third-order valence-electron chi connectivity index (χ3n) is 2.99. The van der Waals surface area contributed by atoms with Crippen LogP contribution in [0, 0.1) is 0 Å². The summed E-state index contributed by atoms with van der Waals surface area (Å²) in [6.45, 7) is 0. The highest BCUT2D eigenvalue weighted by atomic mass is 79.9. The molecule has 1 unspecified atom stereocenters. The van der Waals surface area contributed by atoms with Crippen LogP contribution in [0.25, 0.3) is 0 Å². The first-order chi connectivity index (χ1) is 9.52. The second kappa shape index (κ2) is 7.12. The summed E-state index contributed by atoms with van der Waals surface area (Å²) in [4.78, 5) is 0. The van der Waals surface area contributed by atoms with Crippen molar-refractivity contribution in [2.75, 3.05) is 0 Å². The van der Waals surface area contributed by atoms with Gasteiger partial charge < -0.3 is 0 Å². The second-order valence-electron chi connectivity index (χ2n) is 4.29. The Balaban J connectivity index is 2.34. The van der Waals surface area contributed by atoms with Crippen molar-refractivity contribution in [3.05, 3.63) is 67.1 Å². The Morgan fingerprint density at radius 3 is 2.25 bits per heavy atom. The summed E-state index contributed by atoms with van der Waals surface area (Å²) in [5.41, 5.74) is 4.49. The van der Waals surface area contributed by atoms with Crippen LogP contribution in [0.4, 0.5) is 0 Å². The van der Waals surface area contributed by atoms with E-state index in [1.54, 1.807) is 18.2 Å². The van der Waals surface area contributed by atoms with Crippen molar-refractivity contribution in [1.82, 2.24) is 5.43 Å². The molecule has 2 rings (SSSR count). The van der Waals surface area contributed by atoms with Crippen molar-refractivity contribution in [2.45, 2.75) is 12.5 Å². The van der Waals surface area contributed by atoms with Crippen molar-refractivity contribution in [3.8, 4) is 0 Å². The van der Waals surface area contributed by atoms with Crippen LogP contribution in [0.1, 0.15) is 17.2 Å². The number of rotatable bonds is 4. The first kappa shape index (κ1) is 16.1. The predicted octanol–water partition coefficient (Wildman–Crippen LogP) is 5.16. The topological polar surface area (TPSA) is 38.0 Å². The van der Waals surface area contributed by atoms with Gasteiger partial charge in [-0.15, -0.1) is 0 Å². The number of hydrazine groups is 1. The molecule has 2 aromatic carbocycles. The van der Waals surface area contributed by atoms with Crippen molar-refractivity contribution in [2.24, 2.45) is 5.84 Å². The lowest BCUT2D eigenvalue weighted by atomic mass is 9.99. The first-order valence-electron chi connectivity index (χ1n) is 5.87. The van der Waals surface area contributed by atoms with Gasteiger partial charge in [0.2, 0.25) is 0 Å². The van der Waals surface area contributed by atoms with Gasteiger partial charge in [-0.25, -0.2) is 0 Å². The third-order valence-corrected chi connectivity index (χ3v) is 4.49. The van der Waals surface area contributed by atoms with Gasteiger partial charge >= 0.3 is 0 Å². The lowest BCUT2D eigenvalue weighted by Crippen LogP contribution is -2.30. The van der Waals surface area contributed by atoms with Gasteiger partial charge in [-0.2, -0.15) is 0 Å². The van der Waals surface area contributed by atoms with E-state index in [9.17, 15) is 0 Å². The van der Waals surface area contributed by atoms with Gasteiger partial charge in [-0.05, 0) is 36.2 Å². The van der Waals surface area contributed by atoms with E-state index in [1.165, 1.54) is 0 Å². The summed E-state index contributed by atoms with van der Waals surface area (Å²) >= 11 is 22.0. The SMILES string of the molecule is NNC(Cc1ccc(Br)cc1Cl)c1c(Cl)cccc1Cl. The van der Waals surface area contributed by atoms with E-state index in [0.717, 1.165) is 15.6 Å². The van der Waals surface area contributed by atoms with Crippen molar-refractivity contribution in [3.63, 3.8) is 0 Å². The Hall–Kier alpha value is -0.290. The molecule has 0 bridgehead atoms. The normalized spacial score (nSPS) is 12.4. The zero-order chi connectivity index (χ0) is 14.7. The van der Waals surface area contributed by atoms with E-state index in [4.69, 9.17) is 40.6 Å². The molecule has 3 N–H and O–H groups in total. The lowest BCUT2D eigenvalue weighted by Gasteiger charge is -2.20. The zero-order valence-electron chi connectivity index (χ0n) is 10.3. The molecule has 106 valence electrons. The Morgan fingerprint density at radius 1 is 1.05 bits per heavy atom. The van der Waals surface area contributed by atoms with Crippen LogP contribution in [0.2, 0.25) is 15.1 Å². The van der Waals surface area contributed by atoms with Crippen LogP contribution >= 0.6 is 50.7 Å². The number of hydrogen-bond acceptors (Lipinski definition) is 2. The molecule has 0 radical (unpaired) electrons.